The van der Waals surface area contributed by atoms with Crippen molar-refractivity contribution in [2.45, 2.75) is 32.4 Å². The maximum atomic E-state index is 11.5. The number of nitrogens with zero attached hydrogens (tertiary/aromatic N) is 5. The van der Waals surface area contributed by atoms with E-state index in [1.807, 2.05) is 4.57 Å². The fourth-order valence-electron chi connectivity index (χ4n) is 2.96. The van der Waals surface area contributed by atoms with Crippen LogP contribution in [0.1, 0.15) is 5.56 Å². The van der Waals surface area contributed by atoms with Crippen LogP contribution in [0.5, 0.6) is 0 Å². The Bertz CT molecular complexity index is 1170. The molecule has 3 rings (SSSR count). The molecule has 0 N–H and O–H groups in total. The van der Waals surface area contributed by atoms with Gasteiger partial charge in [-0.1, -0.05) is 25.7 Å². The summed E-state index contributed by atoms with van der Waals surface area (Å²) in [5.41, 5.74) is 1.52. The monoisotopic (exact) mass is 507 g/mol. The van der Waals surface area contributed by atoms with Gasteiger partial charge >= 0.3 is 5.69 Å². The van der Waals surface area contributed by atoms with Crippen LogP contribution in [0.2, 0.25) is 31.0 Å². The van der Waals surface area contributed by atoms with Gasteiger partial charge in [0, 0.05) is 31.8 Å². The number of halogens is 2. The van der Waals surface area contributed by atoms with Crippen LogP contribution in [0.4, 0.5) is 5.69 Å². The van der Waals surface area contributed by atoms with Gasteiger partial charge in [0.1, 0.15) is 19.0 Å². The zero-order valence-corrected chi connectivity index (χ0v) is 20.0. The molecule has 1 aromatic carbocycles. The Balaban J connectivity index is 2.13. The summed E-state index contributed by atoms with van der Waals surface area (Å²) in [4.78, 5) is 18.8. The number of rotatable bonds is 7. The lowest BCUT2D eigenvalue weighted by atomic mass is 10.1. The second-order valence-electron chi connectivity index (χ2n) is 7.93. The van der Waals surface area contributed by atoms with Gasteiger partial charge in [-0.25, -0.2) is 9.97 Å². The lowest BCUT2D eigenvalue weighted by Gasteiger charge is -2.16. The first-order valence-electron chi connectivity index (χ1n) is 9.09. The number of hydrogen-bond donors (Lipinski definition) is 0. The third-order valence-corrected chi connectivity index (χ3v) is 7.21. The van der Waals surface area contributed by atoms with Gasteiger partial charge in [-0.3, -0.25) is 10.1 Å². The third-order valence-electron chi connectivity index (χ3n) is 4.52. The van der Waals surface area contributed by atoms with Gasteiger partial charge in [0.05, 0.1) is 20.5 Å². The van der Waals surface area contributed by atoms with Crippen molar-refractivity contribution in [1.29, 1.82) is 5.26 Å². The van der Waals surface area contributed by atoms with E-state index in [1.54, 1.807) is 18.3 Å². The summed E-state index contributed by atoms with van der Waals surface area (Å²) in [6.07, 6.45) is 2.83. The zero-order valence-electron chi connectivity index (χ0n) is 16.6. The molecule has 0 aliphatic carbocycles. The molecule has 0 saturated heterocycles. The summed E-state index contributed by atoms with van der Waals surface area (Å²) >= 11 is 9.43. The summed E-state index contributed by atoms with van der Waals surface area (Å²) in [5, 5.41) is 21.5. The minimum Gasteiger partial charge on any atom is -0.361 e. The topological polar surface area (TPSA) is 107 Å². The largest absolute Gasteiger partial charge is 0.361 e. The molecule has 156 valence electrons. The Morgan fingerprint density at radius 3 is 2.77 bits per heavy atom. The van der Waals surface area contributed by atoms with Crippen molar-refractivity contribution in [3.8, 4) is 17.3 Å². The number of aromatic nitrogens is 3. The van der Waals surface area contributed by atoms with Crippen molar-refractivity contribution in [3.05, 3.63) is 50.0 Å². The number of nitro groups is 1. The number of ether oxygens (including phenoxy) is 1. The van der Waals surface area contributed by atoms with Gasteiger partial charge in [-0.15, -0.1) is 0 Å². The minimum atomic E-state index is -1.24. The molecule has 0 amide bonds. The van der Waals surface area contributed by atoms with Crippen molar-refractivity contribution in [2.75, 3.05) is 6.61 Å². The fourth-order valence-corrected chi connectivity index (χ4v) is 4.51. The molecular formula is C19H19BrClN5O3Si. The van der Waals surface area contributed by atoms with Gasteiger partial charge < -0.3 is 9.30 Å². The summed E-state index contributed by atoms with van der Waals surface area (Å²) in [6.45, 7) is 7.66. The Morgan fingerprint density at radius 1 is 1.40 bits per heavy atom. The summed E-state index contributed by atoms with van der Waals surface area (Å²) in [5.74, 6) is 0. The van der Waals surface area contributed by atoms with Crippen LogP contribution in [0, 0.1) is 21.4 Å². The second kappa shape index (κ2) is 8.81. The molecule has 3 aromatic rings. The zero-order chi connectivity index (χ0) is 22.1. The van der Waals surface area contributed by atoms with Crippen LogP contribution in [0.3, 0.4) is 0 Å². The molecule has 11 heteroatoms. The third kappa shape index (κ3) is 4.70. The van der Waals surface area contributed by atoms with Crippen molar-refractivity contribution in [2.24, 2.45) is 0 Å². The molecule has 0 fully saturated rings. The molecule has 0 spiro atoms. The molecule has 0 aliphatic rings. The average Bonchev–Trinajstić information content (AvgIpc) is 3.04. The first-order valence-corrected chi connectivity index (χ1v) is 14.0. The second-order valence-corrected chi connectivity index (χ2v) is 14.7. The van der Waals surface area contributed by atoms with Crippen molar-refractivity contribution >= 4 is 52.2 Å². The molecule has 0 radical (unpaired) electrons. The highest BCUT2D eigenvalue weighted by Gasteiger charge is 2.24. The first-order chi connectivity index (χ1) is 14.1. The van der Waals surface area contributed by atoms with Crippen LogP contribution in [0.25, 0.3) is 22.2 Å². The predicted molar refractivity (Wildman–Crippen MR) is 121 cm³/mol. The van der Waals surface area contributed by atoms with E-state index in [-0.39, 0.29) is 23.4 Å². The predicted octanol–water partition coefficient (Wildman–Crippen LogP) is 5.61. The molecule has 8 nitrogen and oxygen atoms in total. The standard InChI is InChI=1S/C19H19BrClN5O3Si/c1-30(2,3)7-6-29-11-25-10-14(13-5-4-12(8-22)16(20)18(13)25)17-15(26(27)28)9-23-19(21)24-17/h4-5,9-10H,6-7,11H2,1-3H3. The van der Waals surface area contributed by atoms with E-state index in [1.165, 1.54) is 0 Å². The smallest absolute Gasteiger partial charge is 0.313 e. The number of nitriles is 1. The lowest BCUT2D eigenvalue weighted by Crippen LogP contribution is -2.22. The van der Waals surface area contributed by atoms with Gasteiger partial charge in [-0.2, -0.15) is 5.26 Å². The van der Waals surface area contributed by atoms with Crippen LogP contribution in [0.15, 0.2) is 29.0 Å². The van der Waals surface area contributed by atoms with Crippen molar-refractivity contribution < 1.29 is 9.66 Å². The summed E-state index contributed by atoms with van der Waals surface area (Å²) < 4.78 is 8.29. The van der Waals surface area contributed by atoms with Gasteiger partial charge in [0.2, 0.25) is 5.28 Å². The summed E-state index contributed by atoms with van der Waals surface area (Å²) in [6, 6.07) is 6.55. The highest BCUT2D eigenvalue weighted by molar-refractivity contribution is 9.10. The molecular weight excluding hydrogens is 490 g/mol. The maximum Gasteiger partial charge on any atom is 0.313 e. The maximum absolute atomic E-state index is 11.5. The highest BCUT2D eigenvalue weighted by Crippen LogP contribution is 2.38. The van der Waals surface area contributed by atoms with Crippen LogP contribution in [-0.4, -0.2) is 34.1 Å². The normalized spacial score (nSPS) is 11.6. The number of benzene rings is 1. The molecule has 30 heavy (non-hydrogen) atoms. The van der Waals surface area contributed by atoms with Gasteiger partial charge in [-0.05, 0) is 39.6 Å². The molecule has 2 heterocycles. The molecule has 0 atom stereocenters. The Labute approximate surface area is 187 Å². The van der Waals surface area contributed by atoms with Gasteiger partial charge in [0.25, 0.3) is 0 Å². The Hall–Kier alpha value is -2.32. The molecule has 2 aromatic heterocycles. The number of fused-ring (bicyclic) bond motifs is 1. The van der Waals surface area contributed by atoms with Gasteiger partial charge in [0.15, 0.2) is 5.69 Å². The van der Waals surface area contributed by atoms with E-state index >= 15 is 0 Å². The SMILES string of the molecule is C[Si](C)(C)CCOCn1cc(-c2nc(Cl)ncc2[N+](=O)[O-])c2ccc(C#N)c(Br)c21. The van der Waals surface area contributed by atoms with Crippen molar-refractivity contribution in [3.63, 3.8) is 0 Å². The van der Waals surface area contributed by atoms with Crippen molar-refractivity contribution in [1.82, 2.24) is 14.5 Å². The van der Waals surface area contributed by atoms with E-state index in [9.17, 15) is 15.4 Å². The lowest BCUT2D eigenvalue weighted by molar-refractivity contribution is -0.384. The number of hydrogen-bond acceptors (Lipinski definition) is 6. The van der Waals surface area contributed by atoms with E-state index < -0.39 is 13.0 Å². The fraction of sp³-hybridized carbons (Fsp3) is 0.316. The van der Waals surface area contributed by atoms with E-state index in [4.69, 9.17) is 16.3 Å². The van der Waals surface area contributed by atoms with E-state index in [0.717, 1.165) is 12.2 Å². The van der Waals surface area contributed by atoms with Crippen LogP contribution in [-0.2, 0) is 11.5 Å². The molecule has 0 unspecified atom stereocenters. The molecule has 0 aliphatic heterocycles. The minimum absolute atomic E-state index is 0.0874. The quantitative estimate of drug-likeness (QED) is 0.135. The van der Waals surface area contributed by atoms with Crippen LogP contribution >= 0.6 is 27.5 Å². The Morgan fingerprint density at radius 2 is 2.13 bits per heavy atom. The molecule has 0 saturated carbocycles. The average molecular weight is 509 g/mol. The molecule has 0 bridgehead atoms. The van der Waals surface area contributed by atoms with E-state index in [2.05, 4.69) is 51.6 Å². The van der Waals surface area contributed by atoms with Crippen LogP contribution < -0.4 is 0 Å². The highest BCUT2D eigenvalue weighted by atomic mass is 79.9. The van der Waals surface area contributed by atoms with E-state index in [0.29, 0.717) is 33.1 Å². The Kier molecular flexibility index (Phi) is 6.57. The summed E-state index contributed by atoms with van der Waals surface area (Å²) in [7, 11) is -1.24. The first kappa shape index (κ1) is 22.4.